The van der Waals surface area contributed by atoms with Crippen LogP contribution in [0.3, 0.4) is 0 Å². The van der Waals surface area contributed by atoms with Gasteiger partial charge in [-0.1, -0.05) is 0 Å². The minimum atomic E-state index is -0.171. The molecule has 0 radical (unpaired) electrons. The van der Waals surface area contributed by atoms with Crippen LogP contribution in [0.1, 0.15) is 6.92 Å². The molecule has 5 heteroatoms. The zero-order valence-electron chi connectivity index (χ0n) is 12.9. The van der Waals surface area contributed by atoms with Crippen molar-refractivity contribution < 1.29 is 9.13 Å². The molecule has 1 aliphatic heterocycles. The molecule has 1 heterocycles. The summed E-state index contributed by atoms with van der Waals surface area (Å²) in [6.45, 7) is 10.7. The molecule has 4 nitrogen and oxygen atoms in total. The molecule has 0 unspecified atom stereocenters. The molecule has 1 N–H and O–H groups in total. The Morgan fingerprint density at radius 2 is 1.81 bits per heavy atom. The van der Waals surface area contributed by atoms with E-state index in [0.29, 0.717) is 0 Å². The van der Waals surface area contributed by atoms with Gasteiger partial charge in [-0.2, -0.15) is 0 Å². The number of anilines is 1. The van der Waals surface area contributed by atoms with Gasteiger partial charge in [-0.05, 0) is 31.2 Å². The zero-order chi connectivity index (χ0) is 14.9. The highest BCUT2D eigenvalue weighted by atomic mass is 19.1. The van der Waals surface area contributed by atoms with E-state index in [2.05, 4.69) is 15.1 Å². The third-order valence-corrected chi connectivity index (χ3v) is 3.80. The van der Waals surface area contributed by atoms with Gasteiger partial charge in [-0.25, -0.2) is 4.39 Å². The van der Waals surface area contributed by atoms with Crippen LogP contribution in [0.25, 0.3) is 0 Å². The van der Waals surface area contributed by atoms with E-state index < -0.39 is 0 Å². The number of hydrogen-bond acceptors (Lipinski definition) is 4. The number of ether oxygens (including phenoxy) is 1. The highest BCUT2D eigenvalue weighted by Crippen LogP contribution is 2.16. The normalized spacial score (nSPS) is 16.4. The average molecular weight is 295 g/mol. The summed E-state index contributed by atoms with van der Waals surface area (Å²) >= 11 is 0. The van der Waals surface area contributed by atoms with E-state index in [1.807, 2.05) is 19.1 Å². The first-order valence-electron chi connectivity index (χ1n) is 7.81. The Bertz CT molecular complexity index is 391. The van der Waals surface area contributed by atoms with Crippen molar-refractivity contribution in [1.82, 2.24) is 10.2 Å². The van der Waals surface area contributed by atoms with Gasteiger partial charge in [0.15, 0.2) is 0 Å². The molecule has 0 amide bonds. The average Bonchev–Trinajstić information content (AvgIpc) is 2.52. The zero-order valence-corrected chi connectivity index (χ0v) is 12.9. The van der Waals surface area contributed by atoms with Gasteiger partial charge in [0, 0.05) is 58.1 Å². The van der Waals surface area contributed by atoms with Crippen molar-refractivity contribution in [3.8, 4) is 0 Å². The first-order valence-corrected chi connectivity index (χ1v) is 7.81. The van der Waals surface area contributed by atoms with Gasteiger partial charge in [0.1, 0.15) is 5.82 Å². The van der Waals surface area contributed by atoms with Gasteiger partial charge in [-0.3, -0.25) is 4.90 Å². The molecular formula is C16H26FN3O. The van der Waals surface area contributed by atoms with Gasteiger partial charge >= 0.3 is 0 Å². The van der Waals surface area contributed by atoms with Crippen molar-refractivity contribution in [3.63, 3.8) is 0 Å². The fourth-order valence-corrected chi connectivity index (χ4v) is 2.53. The standard InChI is InChI=1S/C16H26FN3O/c1-2-21-14-8-18-7-9-19-10-12-20(13-11-19)16-5-3-15(17)4-6-16/h3-6,18H,2,7-14H2,1H3. The van der Waals surface area contributed by atoms with E-state index in [9.17, 15) is 4.39 Å². The summed E-state index contributed by atoms with van der Waals surface area (Å²) in [7, 11) is 0. The summed E-state index contributed by atoms with van der Waals surface area (Å²) in [6, 6.07) is 6.79. The van der Waals surface area contributed by atoms with Crippen molar-refractivity contribution in [2.45, 2.75) is 6.92 Å². The summed E-state index contributed by atoms with van der Waals surface area (Å²) in [6.07, 6.45) is 0. The molecule has 1 aromatic carbocycles. The highest BCUT2D eigenvalue weighted by molar-refractivity contribution is 5.46. The second-order valence-electron chi connectivity index (χ2n) is 5.25. The monoisotopic (exact) mass is 295 g/mol. The fraction of sp³-hybridized carbons (Fsp3) is 0.625. The number of piperazine rings is 1. The summed E-state index contributed by atoms with van der Waals surface area (Å²) in [5.74, 6) is -0.171. The van der Waals surface area contributed by atoms with Crippen molar-refractivity contribution in [2.24, 2.45) is 0 Å². The van der Waals surface area contributed by atoms with Gasteiger partial charge in [-0.15, -0.1) is 0 Å². The molecule has 2 rings (SSSR count). The van der Waals surface area contributed by atoms with E-state index in [-0.39, 0.29) is 5.82 Å². The van der Waals surface area contributed by atoms with Crippen molar-refractivity contribution in [3.05, 3.63) is 30.1 Å². The molecule has 1 saturated heterocycles. The molecule has 0 atom stereocenters. The maximum Gasteiger partial charge on any atom is 0.123 e. The topological polar surface area (TPSA) is 27.7 Å². The minimum absolute atomic E-state index is 0.171. The Labute approximate surface area is 126 Å². The molecule has 118 valence electrons. The lowest BCUT2D eigenvalue weighted by Gasteiger charge is -2.36. The molecule has 1 fully saturated rings. The highest BCUT2D eigenvalue weighted by Gasteiger charge is 2.16. The molecule has 21 heavy (non-hydrogen) atoms. The van der Waals surface area contributed by atoms with Crippen LogP contribution in [0.15, 0.2) is 24.3 Å². The van der Waals surface area contributed by atoms with Crippen LogP contribution < -0.4 is 10.2 Å². The number of hydrogen-bond donors (Lipinski definition) is 1. The fourth-order valence-electron chi connectivity index (χ4n) is 2.53. The molecular weight excluding hydrogens is 269 g/mol. The van der Waals surface area contributed by atoms with Crippen LogP contribution >= 0.6 is 0 Å². The predicted octanol–water partition coefficient (Wildman–Crippen LogP) is 1.57. The molecule has 0 bridgehead atoms. The van der Waals surface area contributed by atoms with E-state index in [1.54, 1.807) is 0 Å². The van der Waals surface area contributed by atoms with Gasteiger partial charge in [0.2, 0.25) is 0 Å². The number of benzene rings is 1. The quantitative estimate of drug-likeness (QED) is 0.737. The van der Waals surface area contributed by atoms with E-state index in [4.69, 9.17) is 4.74 Å². The Balaban J connectivity index is 1.61. The Kier molecular flexibility index (Phi) is 6.92. The smallest absolute Gasteiger partial charge is 0.123 e. The molecule has 0 aromatic heterocycles. The van der Waals surface area contributed by atoms with Crippen molar-refractivity contribution in [1.29, 1.82) is 0 Å². The lowest BCUT2D eigenvalue weighted by molar-refractivity contribution is 0.148. The molecule has 1 aliphatic rings. The summed E-state index contributed by atoms with van der Waals surface area (Å²) in [5.41, 5.74) is 1.12. The van der Waals surface area contributed by atoms with Gasteiger partial charge in [0.05, 0.1) is 6.61 Å². The van der Waals surface area contributed by atoms with E-state index in [0.717, 1.165) is 64.7 Å². The molecule has 0 aliphatic carbocycles. The van der Waals surface area contributed by atoms with Gasteiger partial charge in [0.25, 0.3) is 0 Å². The number of halogens is 1. The second-order valence-corrected chi connectivity index (χ2v) is 5.25. The van der Waals surface area contributed by atoms with Crippen molar-refractivity contribution in [2.75, 3.05) is 63.9 Å². The Morgan fingerprint density at radius 3 is 2.48 bits per heavy atom. The van der Waals surface area contributed by atoms with Crippen LogP contribution in [-0.4, -0.2) is 63.9 Å². The second kappa shape index (κ2) is 8.97. The largest absolute Gasteiger partial charge is 0.380 e. The first kappa shape index (κ1) is 16.2. The van der Waals surface area contributed by atoms with Crippen molar-refractivity contribution >= 4 is 5.69 Å². The molecule has 0 spiro atoms. The van der Waals surface area contributed by atoms with Crippen LogP contribution in [0.5, 0.6) is 0 Å². The third-order valence-electron chi connectivity index (χ3n) is 3.80. The van der Waals surface area contributed by atoms with E-state index in [1.165, 1.54) is 12.1 Å². The van der Waals surface area contributed by atoms with Crippen LogP contribution in [0.2, 0.25) is 0 Å². The molecule has 0 saturated carbocycles. The Morgan fingerprint density at radius 1 is 1.10 bits per heavy atom. The summed E-state index contributed by atoms with van der Waals surface area (Å²) in [4.78, 5) is 4.78. The summed E-state index contributed by atoms with van der Waals surface area (Å²) < 4.78 is 18.2. The Hall–Kier alpha value is -1.17. The number of nitrogens with zero attached hydrogens (tertiary/aromatic N) is 2. The van der Waals surface area contributed by atoms with Crippen LogP contribution in [0.4, 0.5) is 10.1 Å². The number of nitrogens with one attached hydrogen (secondary N) is 1. The first-order chi connectivity index (χ1) is 10.3. The van der Waals surface area contributed by atoms with E-state index >= 15 is 0 Å². The number of rotatable bonds is 8. The SMILES string of the molecule is CCOCCNCCN1CCN(c2ccc(F)cc2)CC1. The van der Waals surface area contributed by atoms with Crippen LogP contribution in [-0.2, 0) is 4.74 Å². The van der Waals surface area contributed by atoms with Crippen LogP contribution in [0, 0.1) is 5.82 Å². The van der Waals surface area contributed by atoms with Gasteiger partial charge < -0.3 is 15.0 Å². The lowest BCUT2D eigenvalue weighted by atomic mass is 10.2. The summed E-state index contributed by atoms with van der Waals surface area (Å²) in [5, 5.41) is 3.39. The third kappa shape index (κ3) is 5.61. The predicted molar refractivity (Wildman–Crippen MR) is 84.4 cm³/mol. The minimum Gasteiger partial charge on any atom is -0.380 e. The maximum atomic E-state index is 12.9. The maximum absolute atomic E-state index is 12.9. The lowest BCUT2D eigenvalue weighted by Crippen LogP contribution is -2.48. The molecule has 1 aromatic rings.